The number of hydrogen-bond acceptors (Lipinski definition) is 2. The minimum absolute atomic E-state index is 0.0920. The molecule has 21 heavy (non-hydrogen) atoms. The third kappa shape index (κ3) is 4.25. The van der Waals surface area contributed by atoms with Crippen molar-refractivity contribution < 1.29 is 4.21 Å². The van der Waals surface area contributed by atoms with Crippen molar-refractivity contribution in [3.63, 3.8) is 0 Å². The lowest BCUT2D eigenvalue weighted by molar-refractivity contribution is 0.633. The van der Waals surface area contributed by atoms with Gasteiger partial charge in [-0.25, -0.2) is 0 Å². The van der Waals surface area contributed by atoms with Crippen LogP contribution < -0.4 is 5.32 Å². The maximum absolute atomic E-state index is 12.6. The largest absolute Gasteiger partial charge is 0.312 e. The first-order valence-electron chi connectivity index (χ1n) is 6.89. The molecule has 2 rings (SSSR count). The lowest BCUT2D eigenvalue weighted by atomic mass is 10.0. The van der Waals surface area contributed by atoms with E-state index in [2.05, 4.69) is 53.3 Å². The van der Waals surface area contributed by atoms with Gasteiger partial charge in [-0.15, -0.1) is 0 Å². The fourth-order valence-electron chi connectivity index (χ4n) is 2.30. The second-order valence-corrected chi connectivity index (χ2v) is 7.58. The molecule has 2 aromatic rings. The van der Waals surface area contributed by atoms with Gasteiger partial charge >= 0.3 is 0 Å². The van der Waals surface area contributed by atoms with Crippen LogP contribution >= 0.6 is 15.9 Å². The van der Waals surface area contributed by atoms with E-state index in [0.29, 0.717) is 5.75 Å². The van der Waals surface area contributed by atoms with Gasteiger partial charge in [-0.2, -0.15) is 0 Å². The van der Waals surface area contributed by atoms with Crippen LogP contribution in [0.3, 0.4) is 0 Å². The second kappa shape index (κ2) is 7.34. The van der Waals surface area contributed by atoms with Crippen molar-refractivity contribution in [1.29, 1.82) is 0 Å². The van der Waals surface area contributed by atoms with Crippen molar-refractivity contribution in [3.05, 3.63) is 63.6 Å². The maximum atomic E-state index is 12.6. The SMILES string of the molecule is CNC(CS(=O)c1ccc(Br)cc1)c1cc(C)ccc1C. The van der Waals surface area contributed by atoms with Crippen molar-refractivity contribution >= 4 is 26.7 Å². The molecule has 0 aliphatic rings. The molecule has 0 spiro atoms. The van der Waals surface area contributed by atoms with Crippen LogP contribution in [0, 0.1) is 13.8 Å². The topological polar surface area (TPSA) is 29.1 Å². The molecular weight excluding hydrogens is 346 g/mol. The highest BCUT2D eigenvalue weighted by atomic mass is 79.9. The van der Waals surface area contributed by atoms with Crippen LogP contribution in [0.5, 0.6) is 0 Å². The fraction of sp³-hybridized carbons (Fsp3) is 0.294. The molecule has 0 fully saturated rings. The van der Waals surface area contributed by atoms with E-state index in [-0.39, 0.29) is 6.04 Å². The molecule has 0 saturated carbocycles. The van der Waals surface area contributed by atoms with Crippen LogP contribution in [0.25, 0.3) is 0 Å². The van der Waals surface area contributed by atoms with Crippen LogP contribution in [0.15, 0.2) is 51.8 Å². The van der Waals surface area contributed by atoms with Crippen molar-refractivity contribution in [1.82, 2.24) is 5.32 Å². The summed E-state index contributed by atoms with van der Waals surface area (Å²) in [4.78, 5) is 0.865. The van der Waals surface area contributed by atoms with Gasteiger partial charge in [0.2, 0.25) is 0 Å². The van der Waals surface area contributed by atoms with E-state index in [4.69, 9.17) is 0 Å². The Kier molecular flexibility index (Phi) is 5.73. The van der Waals surface area contributed by atoms with Gasteiger partial charge < -0.3 is 5.32 Å². The minimum Gasteiger partial charge on any atom is -0.312 e. The number of rotatable bonds is 5. The van der Waals surface area contributed by atoms with Crippen LogP contribution in [0.1, 0.15) is 22.7 Å². The van der Waals surface area contributed by atoms with Crippen LogP contribution in [0.2, 0.25) is 0 Å². The quantitative estimate of drug-likeness (QED) is 0.862. The Morgan fingerprint density at radius 1 is 1.14 bits per heavy atom. The first-order valence-corrected chi connectivity index (χ1v) is 9.01. The first-order chi connectivity index (χ1) is 10.0. The first kappa shape index (κ1) is 16.4. The lowest BCUT2D eigenvalue weighted by Gasteiger charge is -2.19. The zero-order valence-electron chi connectivity index (χ0n) is 12.5. The van der Waals surface area contributed by atoms with Gasteiger partial charge in [0.15, 0.2) is 0 Å². The molecule has 2 nitrogen and oxygen atoms in total. The zero-order chi connectivity index (χ0) is 15.4. The van der Waals surface area contributed by atoms with Crippen molar-refractivity contribution in [2.24, 2.45) is 0 Å². The van der Waals surface area contributed by atoms with Crippen molar-refractivity contribution in [2.75, 3.05) is 12.8 Å². The summed E-state index contributed by atoms with van der Waals surface area (Å²) in [5.74, 6) is 0.572. The molecular formula is C17H20BrNOS. The summed E-state index contributed by atoms with van der Waals surface area (Å²) >= 11 is 3.40. The van der Waals surface area contributed by atoms with Crippen LogP contribution in [-0.4, -0.2) is 17.0 Å². The average Bonchev–Trinajstić information content (AvgIpc) is 2.48. The molecule has 0 heterocycles. The van der Waals surface area contributed by atoms with Gasteiger partial charge in [0.05, 0.1) is 10.8 Å². The number of benzene rings is 2. The Morgan fingerprint density at radius 2 is 1.81 bits per heavy atom. The summed E-state index contributed by atoms with van der Waals surface area (Å²) in [7, 11) is 0.902. The normalized spacial score (nSPS) is 13.9. The highest BCUT2D eigenvalue weighted by molar-refractivity contribution is 9.10. The molecule has 2 atom stereocenters. The summed E-state index contributed by atoms with van der Waals surface area (Å²) in [5, 5.41) is 3.30. The molecule has 0 aliphatic heterocycles. The van der Waals surface area contributed by atoms with E-state index in [1.54, 1.807) is 0 Å². The maximum Gasteiger partial charge on any atom is 0.0548 e. The van der Waals surface area contributed by atoms with Gasteiger partial charge in [-0.3, -0.25) is 4.21 Å². The number of hydrogen-bond donors (Lipinski definition) is 1. The van der Waals surface area contributed by atoms with E-state index in [9.17, 15) is 4.21 Å². The number of halogens is 1. The molecule has 0 radical (unpaired) electrons. The van der Waals surface area contributed by atoms with Gasteiger partial charge in [0, 0.05) is 21.2 Å². The summed E-state index contributed by atoms with van der Waals surface area (Å²) in [5.41, 5.74) is 3.68. The average molecular weight is 366 g/mol. The van der Waals surface area contributed by atoms with Crippen LogP contribution in [0.4, 0.5) is 0 Å². The molecule has 1 N–H and O–H groups in total. The monoisotopic (exact) mass is 365 g/mol. The molecule has 0 saturated heterocycles. The summed E-state index contributed by atoms with van der Waals surface area (Å²) in [6.07, 6.45) is 0. The molecule has 0 amide bonds. The molecule has 2 unspecified atom stereocenters. The van der Waals surface area contributed by atoms with Gasteiger partial charge in [0.25, 0.3) is 0 Å². The molecule has 112 valence electrons. The highest BCUT2D eigenvalue weighted by Gasteiger charge is 2.16. The van der Waals surface area contributed by atoms with Gasteiger partial charge in [-0.1, -0.05) is 39.7 Å². The van der Waals surface area contributed by atoms with E-state index >= 15 is 0 Å². The van der Waals surface area contributed by atoms with E-state index < -0.39 is 10.8 Å². The summed E-state index contributed by atoms with van der Waals surface area (Å²) < 4.78 is 13.6. The Hall–Kier alpha value is -0.970. The van der Waals surface area contributed by atoms with Gasteiger partial charge in [0.1, 0.15) is 0 Å². The van der Waals surface area contributed by atoms with Crippen molar-refractivity contribution in [2.45, 2.75) is 24.8 Å². The summed E-state index contributed by atoms with van der Waals surface area (Å²) in [6.45, 7) is 4.18. The third-order valence-electron chi connectivity index (χ3n) is 3.55. The molecule has 4 heteroatoms. The second-order valence-electron chi connectivity index (χ2n) is 5.17. The Morgan fingerprint density at radius 3 is 2.43 bits per heavy atom. The summed E-state index contributed by atoms with van der Waals surface area (Å²) in [6, 6.07) is 14.2. The van der Waals surface area contributed by atoms with E-state index in [0.717, 1.165) is 9.37 Å². The van der Waals surface area contributed by atoms with Gasteiger partial charge in [-0.05, 0) is 56.3 Å². The standard InChI is InChI=1S/C17H20BrNOS/c1-12-4-5-13(2)16(10-12)17(19-3)11-21(20)15-8-6-14(18)7-9-15/h4-10,17,19H,11H2,1-3H3. The molecule has 0 aliphatic carbocycles. The minimum atomic E-state index is -1.02. The van der Waals surface area contributed by atoms with E-state index in [1.807, 2.05) is 31.3 Å². The third-order valence-corrected chi connectivity index (χ3v) is 5.52. The molecule has 0 bridgehead atoms. The number of aryl methyl sites for hydroxylation is 2. The highest BCUT2D eigenvalue weighted by Crippen LogP contribution is 2.22. The smallest absolute Gasteiger partial charge is 0.0548 e. The zero-order valence-corrected chi connectivity index (χ0v) is 14.9. The predicted molar refractivity (Wildman–Crippen MR) is 93.1 cm³/mol. The van der Waals surface area contributed by atoms with E-state index in [1.165, 1.54) is 16.7 Å². The lowest BCUT2D eigenvalue weighted by Crippen LogP contribution is -2.23. The van der Waals surface area contributed by atoms with Crippen molar-refractivity contribution in [3.8, 4) is 0 Å². The Bertz CT molecular complexity index is 640. The Labute approximate surface area is 137 Å². The Balaban J connectivity index is 2.20. The predicted octanol–water partition coefficient (Wildman–Crippen LogP) is 4.13. The number of nitrogens with one attached hydrogen (secondary N) is 1. The fourth-order valence-corrected chi connectivity index (χ4v) is 3.84. The molecule has 2 aromatic carbocycles. The molecule has 0 aromatic heterocycles. The van der Waals surface area contributed by atoms with Crippen LogP contribution in [-0.2, 0) is 10.8 Å².